The average molecular weight is 273 g/mol. The van der Waals surface area contributed by atoms with Gasteiger partial charge in [0, 0.05) is 32.7 Å². The lowest BCUT2D eigenvalue weighted by Gasteiger charge is -2.26. The molecule has 18 heavy (non-hydrogen) atoms. The van der Waals surface area contributed by atoms with E-state index in [1.807, 2.05) is 19.0 Å². The SMILES string of the molecule is CN(C)CCN(CCC(N)=S)C(=O)C1CCCO1. The molecular formula is C12H23N3O2S. The summed E-state index contributed by atoms with van der Waals surface area (Å²) in [6.07, 6.45) is 2.09. The number of carbonyl (C=O) groups is 1. The van der Waals surface area contributed by atoms with Gasteiger partial charge in [-0.1, -0.05) is 12.2 Å². The minimum atomic E-state index is -0.265. The van der Waals surface area contributed by atoms with Crippen LogP contribution in [0.4, 0.5) is 0 Å². The Balaban J connectivity index is 2.50. The molecule has 0 aliphatic carbocycles. The first-order valence-corrected chi connectivity index (χ1v) is 6.75. The average Bonchev–Trinajstić information content (AvgIpc) is 2.81. The lowest BCUT2D eigenvalue weighted by Crippen LogP contribution is -2.43. The second-order valence-corrected chi connectivity index (χ2v) is 5.37. The van der Waals surface area contributed by atoms with Crippen molar-refractivity contribution in [3.05, 3.63) is 0 Å². The number of nitrogens with zero attached hydrogens (tertiary/aromatic N) is 2. The molecule has 1 rings (SSSR count). The summed E-state index contributed by atoms with van der Waals surface area (Å²) in [4.78, 5) is 16.6. The van der Waals surface area contributed by atoms with Crippen molar-refractivity contribution in [2.24, 2.45) is 5.73 Å². The number of likely N-dealkylation sites (N-methyl/N-ethyl adjacent to an activating group) is 1. The maximum atomic E-state index is 12.3. The first-order chi connectivity index (χ1) is 8.50. The Kier molecular flexibility index (Phi) is 6.52. The summed E-state index contributed by atoms with van der Waals surface area (Å²) in [5, 5.41) is 0. The maximum absolute atomic E-state index is 12.3. The summed E-state index contributed by atoms with van der Waals surface area (Å²) >= 11 is 4.87. The molecule has 0 radical (unpaired) electrons. The minimum absolute atomic E-state index is 0.0746. The Hall–Kier alpha value is -0.720. The molecule has 0 spiro atoms. The molecule has 0 bridgehead atoms. The molecule has 1 aliphatic rings. The number of amides is 1. The zero-order chi connectivity index (χ0) is 13.5. The highest BCUT2D eigenvalue weighted by molar-refractivity contribution is 7.80. The fraction of sp³-hybridized carbons (Fsp3) is 0.833. The largest absolute Gasteiger partial charge is 0.393 e. The van der Waals surface area contributed by atoms with Crippen LogP contribution in [0.2, 0.25) is 0 Å². The second kappa shape index (κ2) is 7.66. The first kappa shape index (κ1) is 15.3. The van der Waals surface area contributed by atoms with E-state index in [-0.39, 0.29) is 12.0 Å². The van der Waals surface area contributed by atoms with Crippen LogP contribution < -0.4 is 5.73 Å². The molecule has 104 valence electrons. The fourth-order valence-electron chi connectivity index (χ4n) is 1.87. The molecule has 1 atom stereocenters. The molecule has 6 heteroatoms. The van der Waals surface area contributed by atoms with Crippen molar-refractivity contribution in [2.75, 3.05) is 40.3 Å². The van der Waals surface area contributed by atoms with Crippen LogP contribution in [0.1, 0.15) is 19.3 Å². The predicted octanol–water partition coefficient (Wildman–Crippen LogP) is 0.232. The van der Waals surface area contributed by atoms with Gasteiger partial charge in [0.15, 0.2) is 0 Å². The Morgan fingerprint density at radius 1 is 1.39 bits per heavy atom. The Morgan fingerprint density at radius 3 is 2.61 bits per heavy atom. The minimum Gasteiger partial charge on any atom is -0.393 e. The van der Waals surface area contributed by atoms with E-state index in [4.69, 9.17) is 22.7 Å². The highest BCUT2D eigenvalue weighted by atomic mass is 32.1. The normalized spacial score (nSPS) is 19.2. The van der Waals surface area contributed by atoms with Gasteiger partial charge in [-0.25, -0.2) is 0 Å². The lowest BCUT2D eigenvalue weighted by atomic mass is 10.2. The highest BCUT2D eigenvalue weighted by Crippen LogP contribution is 2.15. The van der Waals surface area contributed by atoms with E-state index in [0.29, 0.717) is 31.1 Å². The van der Waals surface area contributed by atoms with Crippen LogP contribution in [0.5, 0.6) is 0 Å². The summed E-state index contributed by atoms with van der Waals surface area (Å²) < 4.78 is 5.44. The van der Waals surface area contributed by atoms with Crippen LogP contribution in [0, 0.1) is 0 Å². The quantitative estimate of drug-likeness (QED) is 0.673. The summed E-state index contributed by atoms with van der Waals surface area (Å²) in [5.41, 5.74) is 5.50. The summed E-state index contributed by atoms with van der Waals surface area (Å²) in [7, 11) is 3.98. The van der Waals surface area contributed by atoms with E-state index >= 15 is 0 Å². The number of rotatable bonds is 7. The van der Waals surface area contributed by atoms with E-state index in [9.17, 15) is 4.79 Å². The number of hydrogen-bond donors (Lipinski definition) is 1. The van der Waals surface area contributed by atoms with E-state index < -0.39 is 0 Å². The van der Waals surface area contributed by atoms with Gasteiger partial charge in [-0.3, -0.25) is 4.79 Å². The van der Waals surface area contributed by atoms with Crippen molar-refractivity contribution >= 4 is 23.1 Å². The number of ether oxygens (including phenoxy) is 1. The van der Waals surface area contributed by atoms with Gasteiger partial charge in [-0.2, -0.15) is 0 Å². The molecule has 0 aromatic rings. The first-order valence-electron chi connectivity index (χ1n) is 6.34. The molecule has 0 aromatic carbocycles. The van der Waals surface area contributed by atoms with Gasteiger partial charge in [0.2, 0.25) is 0 Å². The van der Waals surface area contributed by atoms with Gasteiger partial charge in [-0.15, -0.1) is 0 Å². The van der Waals surface area contributed by atoms with E-state index in [0.717, 1.165) is 19.4 Å². The molecule has 1 amide bonds. The Bertz CT molecular complexity index is 291. The maximum Gasteiger partial charge on any atom is 0.251 e. The number of hydrogen-bond acceptors (Lipinski definition) is 4. The van der Waals surface area contributed by atoms with Crippen molar-refractivity contribution in [1.82, 2.24) is 9.80 Å². The molecule has 1 saturated heterocycles. The fourth-order valence-corrected chi connectivity index (χ4v) is 1.97. The van der Waals surface area contributed by atoms with Crippen molar-refractivity contribution in [1.29, 1.82) is 0 Å². The summed E-state index contributed by atoms with van der Waals surface area (Å²) in [6.45, 7) is 2.79. The number of thiocarbonyl (C=S) groups is 1. The topological polar surface area (TPSA) is 58.8 Å². The van der Waals surface area contributed by atoms with Crippen LogP contribution in [-0.2, 0) is 9.53 Å². The third kappa shape index (κ3) is 5.29. The van der Waals surface area contributed by atoms with Gasteiger partial charge in [0.1, 0.15) is 6.10 Å². The van der Waals surface area contributed by atoms with Gasteiger partial charge in [-0.05, 0) is 26.9 Å². The predicted molar refractivity (Wildman–Crippen MR) is 75.5 cm³/mol. The van der Waals surface area contributed by atoms with Crippen LogP contribution in [0.3, 0.4) is 0 Å². The molecule has 1 heterocycles. The van der Waals surface area contributed by atoms with Gasteiger partial charge in [0.05, 0.1) is 4.99 Å². The molecule has 2 N–H and O–H groups in total. The smallest absolute Gasteiger partial charge is 0.251 e. The Morgan fingerprint density at radius 2 is 2.11 bits per heavy atom. The molecular weight excluding hydrogens is 250 g/mol. The zero-order valence-corrected chi connectivity index (χ0v) is 12.0. The van der Waals surface area contributed by atoms with Crippen molar-refractivity contribution in [3.63, 3.8) is 0 Å². The van der Waals surface area contributed by atoms with Crippen molar-refractivity contribution < 1.29 is 9.53 Å². The van der Waals surface area contributed by atoms with Crippen molar-refractivity contribution in [3.8, 4) is 0 Å². The number of carbonyl (C=O) groups excluding carboxylic acids is 1. The summed E-state index contributed by atoms with van der Waals surface area (Å²) in [5.74, 6) is 0.0746. The standard InChI is InChI=1S/C12H23N3O2S/c1-14(2)7-8-15(6-5-11(13)18)12(16)10-4-3-9-17-10/h10H,3-9H2,1-2H3,(H2,13,18). The van der Waals surface area contributed by atoms with E-state index in [1.165, 1.54) is 0 Å². The van der Waals surface area contributed by atoms with Gasteiger partial charge < -0.3 is 20.3 Å². The molecule has 1 unspecified atom stereocenters. The van der Waals surface area contributed by atoms with Crippen LogP contribution in [0.25, 0.3) is 0 Å². The molecule has 5 nitrogen and oxygen atoms in total. The highest BCUT2D eigenvalue weighted by Gasteiger charge is 2.27. The van der Waals surface area contributed by atoms with Gasteiger partial charge >= 0.3 is 0 Å². The lowest BCUT2D eigenvalue weighted by molar-refractivity contribution is -0.141. The Labute approximate surface area is 114 Å². The molecule has 0 aromatic heterocycles. The van der Waals surface area contributed by atoms with Crippen LogP contribution >= 0.6 is 12.2 Å². The molecule has 1 aliphatic heterocycles. The van der Waals surface area contributed by atoms with Gasteiger partial charge in [0.25, 0.3) is 5.91 Å². The van der Waals surface area contributed by atoms with E-state index in [1.54, 1.807) is 0 Å². The zero-order valence-electron chi connectivity index (χ0n) is 11.2. The number of nitrogens with two attached hydrogens (primary N) is 1. The summed E-state index contributed by atoms with van der Waals surface area (Å²) in [6, 6.07) is 0. The van der Waals surface area contributed by atoms with Crippen LogP contribution in [-0.4, -0.2) is 67.1 Å². The monoisotopic (exact) mass is 273 g/mol. The van der Waals surface area contributed by atoms with Crippen molar-refractivity contribution in [2.45, 2.75) is 25.4 Å². The third-order valence-corrected chi connectivity index (χ3v) is 3.17. The third-order valence-electron chi connectivity index (χ3n) is 2.96. The molecule has 1 fully saturated rings. The molecule has 0 saturated carbocycles. The van der Waals surface area contributed by atoms with E-state index in [2.05, 4.69) is 4.90 Å². The van der Waals surface area contributed by atoms with Crippen LogP contribution in [0.15, 0.2) is 0 Å². The second-order valence-electron chi connectivity index (χ2n) is 4.85.